The Morgan fingerprint density at radius 2 is 1.86 bits per heavy atom. The largest absolute Gasteiger partial charge is 0.481 e. The number of carbonyl (C=O) groups is 1. The second kappa shape index (κ2) is 8.55. The van der Waals surface area contributed by atoms with Crippen LogP contribution in [0, 0.1) is 10.1 Å². The lowest BCUT2D eigenvalue weighted by atomic mass is 10.2. The summed E-state index contributed by atoms with van der Waals surface area (Å²) in [6.07, 6.45) is 0.825. The van der Waals surface area contributed by atoms with Crippen molar-refractivity contribution in [2.75, 3.05) is 37.6 Å². The summed E-state index contributed by atoms with van der Waals surface area (Å²) in [5, 5.41) is 19.7. The highest BCUT2D eigenvalue weighted by Gasteiger charge is 2.22. The highest BCUT2D eigenvalue weighted by molar-refractivity contribution is 5.85. The topological polar surface area (TPSA) is 86.9 Å². The van der Waals surface area contributed by atoms with Crippen molar-refractivity contribution in [1.29, 1.82) is 0 Å². The van der Waals surface area contributed by atoms with E-state index < -0.39 is 5.97 Å². The highest BCUT2D eigenvalue weighted by Crippen LogP contribution is 2.28. The molecule has 0 aliphatic carbocycles. The van der Waals surface area contributed by atoms with Crippen molar-refractivity contribution in [3.05, 3.63) is 34.4 Å². The highest BCUT2D eigenvalue weighted by atomic mass is 35.5. The Balaban J connectivity index is 0.00000242. The standard InChI is InChI=1S/C14H19N3O4.ClH/c18-14(19)6-3-7-15-8-10-16(11-9-15)12-4-1-2-5-13(12)17(20)21;/h1-2,4-5H,3,6-11H2,(H,18,19);1H. The molecule has 122 valence electrons. The summed E-state index contributed by atoms with van der Waals surface area (Å²) in [6.45, 7) is 3.80. The predicted molar refractivity (Wildman–Crippen MR) is 85.9 cm³/mol. The molecular weight excluding hydrogens is 310 g/mol. The molecule has 7 nitrogen and oxygen atoms in total. The summed E-state index contributed by atoms with van der Waals surface area (Å²) in [5.74, 6) is -0.770. The minimum absolute atomic E-state index is 0. The molecule has 0 radical (unpaired) electrons. The van der Waals surface area contributed by atoms with E-state index in [1.165, 1.54) is 6.07 Å². The lowest BCUT2D eigenvalue weighted by Gasteiger charge is -2.35. The van der Waals surface area contributed by atoms with Crippen LogP contribution in [0.5, 0.6) is 0 Å². The van der Waals surface area contributed by atoms with Crippen molar-refractivity contribution in [2.24, 2.45) is 0 Å². The lowest BCUT2D eigenvalue weighted by Crippen LogP contribution is -2.46. The molecule has 0 amide bonds. The molecule has 1 aliphatic heterocycles. The normalized spacial score (nSPS) is 15.2. The number of benzene rings is 1. The Morgan fingerprint density at radius 3 is 2.45 bits per heavy atom. The zero-order valence-electron chi connectivity index (χ0n) is 12.2. The first-order valence-corrected chi connectivity index (χ1v) is 7.00. The molecule has 8 heteroatoms. The Bertz CT molecular complexity index is 519. The molecule has 0 unspecified atom stereocenters. The minimum atomic E-state index is -0.770. The maximum Gasteiger partial charge on any atom is 0.303 e. The molecule has 0 saturated carbocycles. The SMILES string of the molecule is Cl.O=C(O)CCCN1CCN(c2ccccc2[N+](=O)[O-])CC1. The number of nitro benzene ring substituents is 1. The van der Waals surface area contributed by atoms with Crippen LogP contribution in [0.15, 0.2) is 24.3 Å². The number of carboxylic acid groups (broad SMARTS) is 1. The number of para-hydroxylation sites is 2. The maximum atomic E-state index is 11.0. The number of anilines is 1. The van der Waals surface area contributed by atoms with Gasteiger partial charge in [-0.2, -0.15) is 0 Å². The number of aliphatic carboxylic acids is 1. The molecule has 1 heterocycles. The average molecular weight is 330 g/mol. The number of carboxylic acids is 1. The van der Waals surface area contributed by atoms with Gasteiger partial charge in [0, 0.05) is 38.7 Å². The van der Waals surface area contributed by atoms with E-state index in [4.69, 9.17) is 5.11 Å². The van der Waals surface area contributed by atoms with Crippen LogP contribution >= 0.6 is 12.4 Å². The molecule has 1 aliphatic rings. The number of nitro groups is 1. The molecule has 0 aromatic heterocycles. The van der Waals surface area contributed by atoms with E-state index >= 15 is 0 Å². The summed E-state index contributed by atoms with van der Waals surface area (Å²) in [4.78, 5) is 25.4. The Hall–Kier alpha value is -1.86. The van der Waals surface area contributed by atoms with E-state index in [1.54, 1.807) is 12.1 Å². The van der Waals surface area contributed by atoms with Crippen LogP contribution in [0.1, 0.15) is 12.8 Å². The minimum Gasteiger partial charge on any atom is -0.481 e. The van der Waals surface area contributed by atoms with E-state index in [0.29, 0.717) is 12.1 Å². The van der Waals surface area contributed by atoms with Gasteiger partial charge in [-0.1, -0.05) is 12.1 Å². The van der Waals surface area contributed by atoms with Crippen molar-refractivity contribution in [1.82, 2.24) is 4.90 Å². The maximum absolute atomic E-state index is 11.0. The van der Waals surface area contributed by atoms with Gasteiger partial charge in [-0.05, 0) is 19.0 Å². The van der Waals surface area contributed by atoms with Gasteiger partial charge in [-0.3, -0.25) is 19.8 Å². The van der Waals surface area contributed by atoms with E-state index in [2.05, 4.69) is 4.90 Å². The van der Waals surface area contributed by atoms with Crippen molar-refractivity contribution in [3.63, 3.8) is 0 Å². The van der Waals surface area contributed by atoms with Crippen LogP contribution in [-0.4, -0.2) is 53.6 Å². The number of piperazine rings is 1. The van der Waals surface area contributed by atoms with Crippen molar-refractivity contribution < 1.29 is 14.8 Å². The van der Waals surface area contributed by atoms with E-state index in [0.717, 1.165) is 32.7 Å². The molecule has 2 rings (SSSR count). The van der Waals surface area contributed by atoms with Gasteiger partial charge in [0.05, 0.1) is 4.92 Å². The Kier molecular flexibility index (Phi) is 7.07. The van der Waals surface area contributed by atoms with Crippen LogP contribution in [0.4, 0.5) is 11.4 Å². The molecule has 1 fully saturated rings. The third-order valence-corrected chi connectivity index (χ3v) is 3.66. The van der Waals surface area contributed by atoms with E-state index in [-0.39, 0.29) is 29.4 Å². The van der Waals surface area contributed by atoms with Crippen LogP contribution in [0.25, 0.3) is 0 Å². The van der Waals surface area contributed by atoms with Gasteiger partial charge >= 0.3 is 5.97 Å². The monoisotopic (exact) mass is 329 g/mol. The van der Waals surface area contributed by atoms with Crippen LogP contribution in [0.3, 0.4) is 0 Å². The number of nitrogens with zero attached hydrogens (tertiary/aromatic N) is 3. The zero-order chi connectivity index (χ0) is 15.2. The molecule has 1 saturated heterocycles. The molecule has 1 N–H and O–H groups in total. The molecule has 1 aromatic carbocycles. The fraction of sp³-hybridized carbons (Fsp3) is 0.500. The van der Waals surface area contributed by atoms with Crippen molar-refractivity contribution >= 4 is 29.8 Å². The number of hydrogen-bond donors (Lipinski definition) is 1. The first kappa shape index (κ1) is 18.2. The van der Waals surface area contributed by atoms with Gasteiger partial charge in [0.1, 0.15) is 5.69 Å². The van der Waals surface area contributed by atoms with E-state index in [9.17, 15) is 14.9 Å². The van der Waals surface area contributed by atoms with Gasteiger partial charge in [-0.15, -0.1) is 12.4 Å². The number of hydrogen-bond acceptors (Lipinski definition) is 5. The third-order valence-electron chi connectivity index (χ3n) is 3.66. The third kappa shape index (κ3) is 4.85. The van der Waals surface area contributed by atoms with E-state index in [1.807, 2.05) is 11.0 Å². The molecule has 0 bridgehead atoms. The van der Waals surface area contributed by atoms with Crippen LogP contribution < -0.4 is 4.90 Å². The average Bonchev–Trinajstić information content (AvgIpc) is 2.47. The van der Waals surface area contributed by atoms with Gasteiger partial charge < -0.3 is 10.0 Å². The molecule has 22 heavy (non-hydrogen) atoms. The van der Waals surface area contributed by atoms with Crippen molar-refractivity contribution in [3.8, 4) is 0 Å². The molecule has 0 spiro atoms. The van der Waals surface area contributed by atoms with Gasteiger partial charge in [0.25, 0.3) is 5.69 Å². The van der Waals surface area contributed by atoms with Crippen molar-refractivity contribution in [2.45, 2.75) is 12.8 Å². The summed E-state index contributed by atoms with van der Waals surface area (Å²) in [7, 11) is 0. The zero-order valence-corrected chi connectivity index (χ0v) is 13.0. The number of rotatable bonds is 6. The number of halogens is 1. The lowest BCUT2D eigenvalue weighted by molar-refractivity contribution is -0.384. The van der Waals surface area contributed by atoms with Gasteiger partial charge in [0.15, 0.2) is 0 Å². The Morgan fingerprint density at radius 1 is 1.23 bits per heavy atom. The van der Waals surface area contributed by atoms with Gasteiger partial charge in [0.2, 0.25) is 0 Å². The fourth-order valence-corrected chi connectivity index (χ4v) is 2.55. The first-order chi connectivity index (χ1) is 10.1. The molecular formula is C14H20ClN3O4. The van der Waals surface area contributed by atoms with Crippen LogP contribution in [0.2, 0.25) is 0 Å². The van der Waals surface area contributed by atoms with Crippen LogP contribution in [-0.2, 0) is 4.79 Å². The van der Waals surface area contributed by atoms with Gasteiger partial charge in [-0.25, -0.2) is 0 Å². The summed E-state index contributed by atoms with van der Waals surface area (Å²) in [6, 6.07) is 6.78. The predicted octanol–water partition coefficient (Wildman–Crippen LogP) is 2.00. The second-order valence-corrected chi connectivity index (χ2v) is 5.07. The quantitative estimate of drug-likeness (QED) is 0.634. The molecule has 0 atom stereocenters. The smallest absolute Gasteiger partial charge is 0.303 e. The first-order valence-electron chi connectivity index (χ1n) is 7.00. The Labute approximate surface area is 135 Å². The summed E-state index contributed by atoms with van der Waals surface area (Å²) < 4.78 is 0. The summed E-state index contributed by atoms with van der Waals surface area (Å²) in [5.41, 5.74) is 0.796. The second-order valence-electron chi connectivity index (χ2n) is 5.07. The summed E-state index contributed by atoms with van der Waals surface area (Å²) >= 11 is 0. The fourth-order valence-electron chi connectivity index (χ4n) is 2.55. The molecule has 1 aromatic rings.